The second-order valence-electron chi connectivity index (χ2n) is 4.19. The molecular weight excluding hydrogens is 282 g/mol. The molecule has 1 aromatic carbocycles. The molecule has 3 nitrogen and oxygen atoms in total. The van der Waals surface area contributed by atoms with Gasteiger partial charge in [0.1, 0.15) is 0 Å². The zero-order valence-corrected chi connectivity index (χ0v) is 11.4. The molecule has 0 aliphatic heterocycles. The molecule has 94 valence electrons. The van der Waals surface area contributed by atoms with Crippen molar-refractivity contribution < 1.29 is 9.84 Å². The number of rotatable bonds is 6. The summed E-state index contributed by atoms with van der Waals surface area (Å²) < 4.78 is 6.45. The van der Waals surface area contributed by atoms with Crippen molar-refractivity contribution in [1.29, 1.82) is 0 Å². The molecule has 0 aromatic heterocycles. The predicted molar refractivity (Wildman–Crippen MR) is 71.1 cm³/mol. The summed E-state index contributed by atoms with van der Waals surface area (Å²) in [6, 6.07) is 6.83. The van der Waals surface area contributed by atoms with E-state index in [1.807, 2.05) is 0 Å². The van der Waals surface area contributed by atoms with Gasteiger partial charge in [-0.2, -0.15) is 0 Å². The molecule has 0 saturated heterocycles. The molecule has 1 aliphatic carbocycles. The number of hydrogen-bond acceptors (Lipinski definition) is 3. The maximum absolute atomic E-state index is 8.59. The summed E-state index contributed by atoms with van der Waals surface area (Å²) in [6.07, 6.45) is 2.28. The highest BCUT2D eigenvalue weighted by Crippen LogP contribution is 2.35. The van der Waals surface area contributed by atoms with E-state index in [1.54, 1.807) is 0 Å². The van der Waals surface area contributed by atoms with E-state index in [1.165, 1.54) is 15.6 Å². The molecule has 2 rings (SSSR count). The van der Waals surface area contributed by atoms with Crippen molar-refractivity contribution in [2.24, 2.45) is 0 Å². The Hall–Kier alpha value is -0.420. The average Bonchev–Trinajstić information content (AvgIpc) is 2.74. The van der Waals surface area contributed by atoms with E-state index in [2.05, 4.69) is 39.4 Å². The summed E-state index contributed by atoms with van der Waals surface area (Å²) in [5.41, 5.74) is 2.84. The highest BCUT2D eigenvalue weighted by Gasteiger charge is 2.22. The van der Waals surface area contributed by atoms with Crippen molar-refractivity contribution in [1.82, 2.24) is 5.32 Å². The van der Waals surface area contributed by atoms with Gasteiger partial charge in [-0.05, 0) is 30.0 Å². The Kier molecular flexibility index (Phi) is 4.98. The third-order valence-electron chi connectivity index (χ3n) is 3.09. The van der Waals surface area contributed by atoms with Crippen molar-refractivity contribution in [3.8, 4) is 0 Å². The Morgan fingerprint density at radius 1 is 1.41 bits per heavy atom. The van der Waals surface area contributed by atoms with Crippen LogP contribution < -0.4 is 5.32 Å². The fraction of sp³-hybridized carbons (Fsp3) is 0.538. The van der Waals surface area contributed by atoms with E-state index >= 15 is 0 Å². The van der Waals surface area contributed by atoms with Gasteiger partial charge < -0.3 is 15.2 Å². The SMILES string of the molecule is OCCOCCNC1CCc2c(Br)cccc21. The van der Waals surface area contributed by atoms with Crippen molar-refractivity contribution in [2.45, 2.75) is 18.9 Å². The van der Waals surface area contributed by atoms with E-state index in [0.29, 0.717) is 19.3 Å². The fourth-order valence-electron chi connectivity index (χ4n) is 2.29. The van der Waals surface area contributed by atoms with Crippen LogP contribution in [0.25, 0.3) is 0 Å². The summed E-state index contributed by atoms with van der Waals surface area (Å²) in [6.45, 7) is 2.00. The molecule has 0 saturated carbocycles. The molecule has 0 heterocycles. The van der Waals surface area contributed by atoms with Crippen LogP contribution in [0.4, 0.5) is 0 Å². The smallest absolute Gasteiger partial charge is 0.0698 e. The van der Waals surface area contributed by atoms with Gasteiger partial charge in [0.05, 0.1) is 19.8 Å². The molecule has 0 spiro atoms. The van der Waals surface area contributed by atoms with Gasteiger partial charge in [0, 0.05) is 17.1 Å². The number of aliphatic hydroxyl groups excluding tert-OH is 1. The van der Waals surface area contributed by atoms with Crippen LogP contribution in [0.5, 0.6) is 0 Å². The average molecular weight is 300 g/mol. The summed E-state index contributed by atoms with van der Waals surface area (Å²) >= 11 is 3.60. The second kappa shape index (κ2) is 6.50. The number of halogens is 1. The van der Waals surface area contributed by atoms with Crippen LogP contribution in [0.2, 0.25) is 0 Å². The first kappa shape index (κ1) is 13.0. The monoisotopic (exact) mass is 299 g/mol. The molecule has 1 aromatic rings. The van der Waals surface area contributed by atoms with Crippen LogP contribution in [-0.4, -0.2) is 31.5 Å². The number of nitrogens with one attached hydrogen (secondary N) is 1. The second-order valence-corrected chi connectivity index (χ2v) is 5.04. The zero-order valence-electron chi connectivity index (χ0n) is 9.79. The number of benzene rings is 1. The van der Waals surface area contributed by atoms with Crippen LogP contribution in [0.1, 0.15) is 23.6 Å². The minimum absolute atomic E-state index is 0.0964. The number of hydrogen-bond donors (Lipinski definition) is 2. The van der Waals surface area contributed by atoms with Gasteiger partial charge >= 0.3 is 0 Å². The minimum atomic E-state index is 0.0964. The number of aliphatic hydroxyl groups is 1. The van der Waals surface area contributed by atoms with Gasteiger partial charge in [-0.15, -0.1) is 0 Å². The molecule has 1 atom stereocenters. The normalized spacial score (nSPS) is 18.4. The van der Waals surface area contributed by atoms with Crippen LogP contribution in [-0.2, 0) is 11.2 Å². The maximum Gasteiger partial charge on any atom is 0.0698 e. The quantitative estimate of drug-likeness (QED) is 0.790. The van der Waals surface area contributed by atoms with Gasteiger partial charge in [-0.1, -0.05) is 28.1 Å². The number of fused-ring (bicyclic) bond motifs is 1. The lowest BCUT2D eigenvalue weighted by atomic mass is 10.1. The van der Waals surface area contributed by atoms with Gasteiger partial charge in [0.15, 0.2) is 0 Å². The molecule has 17 heavy (non-hydrogen) atoms. The Balaban J connectivity index is 1.83. The largest absolute Gasteiger partial charge is 0.394 e. The third kappa shape index (κ3) is 3.28. The van der Waals surface area contributed by atoms with Crippen molar-refractivity contribution in [2.75, 3.05) is 26.4 Å². The van der Waals surface area contributed by atoms with Crippen molar-refractivity contribution in [3.05, 3.63) is 33.8 Å². The molecule has 0 radical (unpaired) electrons. The van der Waals surface area contributed by atoms with Gasteiger partial charge in [0.2, 0.25) is 0 Å². The molecule has 2 N–H and O–H groups in total. The topological polar surface area (TPSA) is 41.5 Å². The number of ether oxygens (including phenoxy) is 1. The van der Waals surface area contributed by atoms with Crippen LogP contribution in [0.15, 0.2) is 22.7 Å². The van der Waals surface area contributed by atoms with Crippen LogP contribution >= 0.6 is 15.9 Å². The predicted octanol–water partition coefficient (Wildman–Crippen LogP) is 2.03. The minimum Gasteiger partial charge on any atom is -0.394 e. The van der Waals surface area contributed by atoms with Crippen molar-refractivity contribution >= 4 is 15.9 Å². The molecule has 0 fully saturated rings. The molecular formula is C13H18BrNO2. The summed E-state index contributed by atoms with van der Waals surface area (Å²) in [7, 11) is 0. The zero-order chi connectivity index (χ0) is 12.1. The van der Waals surface area contributed by atoms with Gasteiger partial charge in [-0.25, -0.2) is 0 Å². The molecule has 0 bridgehead atoms. The maximum atomic E-state index is 8.59. The standard InChI is InChI=1S/C13H18BrNO2/c14-12-3-1-2-11-10(12)4-5-13(11)15-6-8-17-9-7-16/h1-3,13,15-16H,4-9H2. The molecule has 1 unspecified atom stereocenters. The summed E-state index contributed by atoms with van der Waals surface area (Å²) in [5, 5.41) is 12.1. The van der Waals surface area contributed by atoms with E-state index in [0.717, 1.165) is 19.4 Å². The summed E-state index contributed by atoms with van der Waals surface area (Å²) in [4.78, 5) is 0. The van der Waals surface area contributed by atoms with E-state index < -0.39 is 0 Å². The fourth-order valence-corrected chi connectivity index (χ4v) is 2.87. The van der Waals surface area contributed by atoms with Gasteiger partial charge in [0.25, 0.3) is 0 Å². The van der Waals surface area contributed by atoms with E-state index in [4.69, 9.17) is 9.84 Å². The first-order chi connectivity index (χ1) is 8.33. The Morgan fingerprint density at radius 2 is 2.29 bits per heavy atom. The lowest BCUT2D eigenvalue weighted by molar-refractivity contribution is 0.0926. The Labute approximate surface area is 110 Å². The highest BCUT2D eigenvalue weighted by atomic mass is 79.9. The van der Waals surface area contributed by atoms with Gasteiger partial charge in [-0.3, -0.25) is 0 Å². The lowest BCUT2D eigenvalue weighted by Gasteiger charge is -2.14. The lowest BCUT2D eigenvalue weighted by Crippen LogP contribution is -2.24. The highest BCUT2D eigenvalue weighted by molar-refractivity contribution is 9.10. The van der Waals surface area contributed by atoms with E-state index in [9.17, 15) is 0 Å². The molecule has 1 aliphatic rings. The Morgan fingerprint density at radius 3 is 3.12 bits per heavy atom. The van der Waals surface area contributed by atoms with E-state index in [-0.39, 0.29) is 6.61 Å². The molecule has 4 heteroatoms. The molecule has 0 amide bonds. The first-order valence-corrected chi connectivity index (χ1v) is 6.81. The summed E-state index contributed by atoms with van der Waals surface area (Å²) in [5.74, 6) is 0. The van der Waals surface area contributed by atoms with Crippen molar-refractivity contribution in [3.63, 3.8) is 0 Å². The third-order valence-corrected chi connectivity index (χ3v) is 3.83. The first-order valence-electron chi connectivity index (χ1n) is 6.02. The van der Waals surface area contributed by atoms with Crippen LogP contribution in [0.3, 0.4) is 0 Å². The Bertz CT molecular complexity index is 370. The van der Waals surface area contributed by atoms with Crippen LogP contribution in [0, 0.1) is 0 Å².